The van der Waals surface area contributed by atoms with Gasteiger partial charge in [-0.2, -0.15) is 13.2 Å². The molecule has 0 bridgehead atoms. The number of alkyl halides is 3. The molecule has 0 spiro atoms. The van der Waals surface area contributed by atoms with E-state index in [9.17, 15) is 22.8 Å². The van der Waals surface area contributed by atoms with Gasteiger partial charge in [0.1, 0.15) is 0 Å². The van der Waals surface area contributed by atoms with Crippen LogP contribution < -0.4 is 5.32 Å². The standard InChI is InChI=1S/C15H23F3N2O3/c16-15(17,18)14(22)19-10-12-1-5-20(6-2-12)13(21)9-11-3-7-23-8-4-11/h11-12H,1-10H2,(H,19,22). The minimum Gasteiger partial charge on any atom is -0.381 e. The molecule has 5 nitrogen and oxygen atoms in total. The number of nitrogens with one attached hydrogen (secondary N) is 1. The summed E-state index contributed by atoms with van der Waals surface area (Å²) in [6.07, 6.45) is -1.24. The third-order valence-electron chi connectivity index (χ3n) is 4.58. The summed E-state index contributed by atoms with van der Waals surface area (Å²) in [5.74, 6) is -1.40. The fourth-order valence-electron chi connectivity index (χ4n) is 3.05. The zero-order chi connectivity index (χ0) is 16.9. The average Bonchev–Trinajstić information content (AvgIpc) is 2.53. The molecule has 1 N–H and O–H groups in total. The second-order valence-corrected chi connectivity index (χ2v) is 6.29. The van der Waals surface area contributed by atoms with E-state index in [-0.39, 0.29) is 18.4 Å². The van der Waals surface area contributed by atoms with Crippen molar-refractivity contribution in [2.45, 2.75) is 38.3 Å². The van der Waals surface area contributed by atoms with Crippen molar-refractivity contribution < 1.29 is 27.5 Å². The zero-order valence-corrected chi connectivity index (χ0v) is 13.0. The predicted molar refractivity (Wildman–Crippen MR) is 76.5 cm³/mol. The van der Waals surface area contributed by atoms with Gasteiger partial charge in [-0.1, -0.05) is 0 Å². The van der Waals surface area contributed by atoms with Crippen LogP contribution in [0.25, 0.3) is 0 Å². The van der Waals surface area contributed by atoms with Crippen LogP contribution in [-0.2, 0) is 14.3 Å². The lowest BCUT2D eigenvalue weighted by Crippen LogP contribution is -2.44. The van der Waals surface area contributed by atoms with E-state index in [0.717, 1.165) is 12.8 Å². The van der Waals surface area contributed by atoms with E-state index >= 15 is 0 Å². The SMILES string of the molecule is O=C(CC1CCOCC1)N1CCC(CNC(=O)C(F)(F)F)CC1. The van der Waals surface area contributed by atoms with Crippen molar-refractivity contribution in [2.24, 2.45) is 11.8 Å². The van der Waals surface area contributed by atoms with E-state index in [1.54, 1.807) is 4.90 Å². The summed E-state index contributed by atoms with van der Waals surface area (Å²) >= 11 is 0. The summed E-state index contributed by atoms with van der Waals surface area (Å²) in [5.41, 5.74) is 0. The van der Waals surface area contributed by atoms with Crippen molar-refractivity contribution in [3.05, 3.63) is 0 Å². The number of carbonyl (C=O) groups is 2. The van der Waals surface area contributed by atoms with E-state index < -0.39 is 12.1 Å². The molecule has 2 amide bonds. The van der Waals surface area contributed by atoms with Crippen LogP contribution in [0.15, 0.2) is 0 Å². The Morgan fingerprint density at radius 2 is 1.65 bits per heavy atom. The van der Waals surface area contributed by atoms with Crippen molar-refractivity contribution in [1.82, 2.24) is 10.2 Å². The number of rotatable bonds is 4. The van der Waals surface area contributed by atoms with E-state index in [2.05, 4.69) is 0 Å². The summed E-state index contributed by atoms with van der Waals surface area (Å²) in [7, 11) is 0. The zero-order valence-electron chi connectivity index (χ0n) is 13.0. The van der Waals surface area contributed by atoms with Gasteiger partial charge < -0.3 is 15.0 Å². The fraction of sp³-hybridized carbons (Fsp3) is 0.867. The van der Waals surface area contributed by atoms with Gasteiger partial charge in [-0.3, -0.25) is 9.59 Å². The first kappa shape index (κ1) is 18.0. The molecule has 2 saturated heterocycles. The number of halogens is 3. The molecule has 2 aliphatic heterocycles. The molecule has 2 rings (SSSR count). The minimum absolute atomic E-state index is 0.00608. The highest BCUT2D eigenvalue weighted by atomic mass is 19.4. The van der Waals surface area contributed by atoms with Gasteiger partial charge in [0.25, 0.3) is 0 Å². The summed E-state index contributed by atoms with van der Waals surface area (Å²) in [5, 5.41) is 1.92. The second-order valence-electron chi connectivity index (χ2n) is 6.29. The van der Waals surface area contributed by atoms with Gasteiger partial charge >= 0.3 is 12.1 Å². The lowest BCUT2D eigenvalue weighted by molar-refractivity contribution is -0.173. The topological polar surface area (TPSA) is 58.6 Å². The first-order valence-corrected chi connectivity index (χ1v) is 8.07. The smallest absolute Gasteiger partial charge is 0.381 e. The van der Waals surface area contributed by atoms with Gasteiger partial charge in [0.2, 0.25) is 5.91 Å². The Hall–Kier alpha value is -1.31. The second kappa shape index (κ2) is 7.99. The molecule has 0 saturated carbocycles. The number of amides is 2. The summed E-state index contributed by atoms with van der Waals surface area (Å²) in [6, 6.07) is 0. The monoisotopic (exact) mass is 336 g/mol. The summed E-state index contributed by atoms with van der Waals surface area (Å²) < 4.78 is 41.6. The van der Waals surface area contributed by atoms with Crippen LogP contribution >= 0.6 is 0 Å². The van der Waals surface area contributed by atoms with Gasteiger partial charge in [0.15, 0.2) is 0 Å². The molecular formula is C15H23F3N2O3. The molecule has 0 aliphatic carbocycles. The van der Waals surface area contributed by atoms with Gasteiger partial charge in [0, 0.05) is 39.3 Å². The summed E-state index contributed by atoms with van der Waals surface area (Å²) in [6.45, 7) is 2.53. The van der Waals surface area contributed by atoms with E-state index in [4.69, 9.17) is 4.74 Å². The lowest BCUT2D eigenvalue weighted by atomic mass is 9.93. The number of carbonyl (C=O) groups excluding carboxylic acids is 2. The Morgan fingerprint density at radius 3 is 2.22 bits per heavy atom. The minimum atomic E-state index is -4.83. The molecule has 23 heavy (non-hydrogen) atoms. The first-order valence-electron chi connectivity index (χ1n) is 8.07. The largest absolute Gasteiger partial charge is 0.471 e. The molecule has 0 radical (unpaired) electrons. The van der Waals surface area contributed by atoms with E-state index in [1.165, 1.54) is 0 Å². The van der Waals surface area contributed by atoms with E-state index in [1.807, 2.05) is 5.32 Å². The Balaban J connectivity index is 1.67. The molecule has 0 atom stereocenters. The predicted octanol–water partition coefficient (Wildman–Crippen LogP) is 1.72. The third-order valence-corrected chi connectivity index (χ3v) is 4.58. The molecular weight excluding hydrogens is 313 g/mol. The lowest BCUT2D eigenvalue weighted by Gasteiger charge is -2.33. The Kier molecular flexibility index (Phi) is 6.26. The Bertz CT molecular complexity index is 415. The van der Waals surface area contributed by atoms with Gasteiger partial charge in [0.05, 0.1) is 0 Å². The average molecular weight is 336 g/mol. The maximum Gasteiger partial charge on any atom is 0.471 e. The van der Waals surface area contributed by atoms with Crippen molar-refractivity contribution in [2.75, 3.05) is 32.8 Å². The fourth-order valence-corrected chi connectivity index (χ4v) is 3.05. The Morgan fingerprint density at radius 1 is 1.04 bits per heavy atom. The first-order chi connectivity index (χ1) is 10.9. The number of likely N-dealkylation sites (tertiary alicyclic amines) is 1. The van der Waals surface area contributed by atoms with Crippen LogP contribution in [0.5, 0.6) is 0 Å². The summed E-state index contributed by atoms with van der Waals surface area (Å²) in [4.78, 5) is 24.8. The number of ether oxygens (including phenoxy) is 1. The van der Waals surface area contributed by atoms with Crippen LogP contribution in [0.1, 0.15) is 32.1 Å². The third kappa shape index (κ3) is 5.67. The van der Waals surface area contributed by atoms with Crippen molar-refractivity contribution in [3.63, 3.8) is 0 Å². The van der Waals surface area contributed by atoms with Crippen LogP contribution in [0, 0.1) is 11.8 Å². The van der Waals surface area contributed by atoms with Gasteiger partial charge in [-0.05, 0) is 37.5 Å². The molecule has 2 fully saturated rings. The molecule has 0 aromatic heterocycles. The Labute approximate surface area is 133 Å². The molecule has 0 unspecified atom stereocenters. The highest BCUT2D eigenvalue weighted by Crippen LogP contribution is 2.23. The number of piperidine rings is 1. The van der Waals surface area contributed by atoms with Crippen molar-refractivity contribution in [3.8, 4) is 0 Å². The molecule has 8 heteroatoms. The highest BCUT2D eigenvalue weighted by molar-refractivity contribution is 5.81. The van der Waals surface area contributed by atoms with Crippen LogP contribution in [-0.4, -0.2) is 55.7 Å². The van der Waals surface area contributed by atoms with E-state index in [0.29, 0.717) is 51.5 Å². The number of nitrogens with zero attached hydrogens (tertiary/aromatic N) is 1. The highest BCUT2D eigenvalue weighted by Gasteiger charge is 2.38. The number of hydrogen-bond acceptors (Lipinski definition) is 3. The van der Waals surface area contributed by atoms with Crippen LogP contribution in [0.4, 0.5) is 13.2 Å². The molecule has 132 valence electrons. The maximum atomic E-state index is 12.2. The maximum absolute atomic E-state index is 12.2. The quantitative estimate of drug-likeness (QED) is 0.850. The van der Waals surface area contributed by atoms with Crippen molar-refractivity contribution in [1.29, 1.82) is 0 Å². The van der Waals surface area contributed by atoms with Gasteiger partial charge in [-0.25, -0.2) is 0 Å². The van der Waals surface area contributed by atoms with Gasteiger partial charge in [-0.15, -0.1) is 0 Å². The van der Waals surface area contributed by atoms with Crippen molar-refractivity contribution >= 4 is 11.8 Å². The number of hydrogen-bond donors (Lipinski definition) is 1. The normalized spacial score (nSPS) is 21.3. The molecule has 0 aromatic carbocycles. The molecule has 2 aliphatic rings. The molecule has 0 aromatic rings. The van der Waals surface area contributed by atoms with Crippen LogP contribution in [0.2, 0.25) is 0 Å². The molecule has 2 heterocycles. The van der Waals surface area contributed by atoms with Crippen LogP contribution in [0.3, 0.4) is 0 Å².